The molecule has 0 radical (unpaired) electrons. The first kappa shape index (κ1) is 14.9. The van der Waals surface area contributed by atoms with Crippen molar-refractivity contribution in [2.24, 2.45) is 5.92 Å². The van der Waals surface area contributed by atoms with Gasteiger partial charge in [-0.25, -0.2) is 0 Å². The van der Waals surface area contributed by atoms with E-state index in [1.165, 1.54) is 5.56 Å². The molecule has 0 amide bonds. The third-order valence-electron chi connectivity index (χ3n) is 4.49. The van der Waals surface area contributed by atoms with E-state index in [1.54, 1.807) is 0 Å². The molecule has 3 rings (SSSR count). The Bertz CT molecular complexity index is 548. The van der Waals surface area contributed by atoms with Gasteiger partial charge in [0.2, 0.25) is 0 Å². The zero-order valence-corrected chi connectivity index (χ0v) is 13.7. The minimum absolute atomic E-state index is 0.0569. The predicted molar refractivity (Wildman–Crippen MR) is 83.7 cm³/mol. The van der Waals surface area contributed by atoms with Crippen LogP contribution in [-0.4, -0.2) is 41.2 Å². The van der Waals surface area contributed by atoms with Gasteiger partial charge in [-0.1, -0.05) is 22.9 Å². The van der Waals surface area contributed by atoms with Gasteiger partial charge in [-0.2, -0.15) is 0 Å². The third-order valence-corrected chi connectivity index (χ3v) is 4.99. The van der Waals surface area contributed by atoms with E-state index in [4.69, 9.17) is 4.74 Å². The van der Waals surface area contributed by atoms with E-state index < -0.39 is 5.97 Å². The van der Waals surface area contributed by atoms with Crippen molar-refractivity contribution in [3.63, 3.8) is 0 Å². The number of likely N-dealkylation sites (tertiary alicyclic amines) is 1. The molecule has 0 saturated carbocycles. The quantitative estimate of drug-likeness (QED) is 0.907. The zero-order chi connectivity index (χ0) is 15.0. The number of benzene rings is 1. The predicted octanol–water partition coefficient (Wildman–Crippen LogP) is 2.94. The lowest BCUT2D eigenvalue weighted by molar-refractivity contribution is -0.147. The Morgan fingerprint density at radius 3 is 3.10 bits per heavy atom. The zero-order valence-electron chi connectivity index (χ0n) is 12.1. The molecule has 1 fully saturated rings. The van der Waals surface area contributed by atoms with E-state index in [0.29, 0.717) is 6.54 Å². The first-order valence-electron chi connectivity index (χ1n) is 7.46. The van der Waals surface area contributed by atoms with Crippen LogP contribution in [0.1, 0.15) is 25.3 Å². The minimum Gasteiger partial charge on any atom is -0.488 e. The van der Waals surface area contributed by atoms with E-state index >= 15 is 0 Å². The van der Waals surface area contributed by atoms with Crippen LogP contribution in [0.3, 0.4) is 0 Å². The van der Waals surface area contributed by atoms with Crippen LogP contribution in [0.5, 0.6) is 5.75 Å². The molecule has 0 bridgehead atoms. The molecule has 2 aliphatic rings. The molecule has 0 aliphatic carbocycles. The van der Waals surface area contributed by atoms with Gasteiger partial charge in [-0.15, -0.1) is 0 Å². The Morgan fingerprint density at radius 2 is 2.33 bits per heavy atom. The summed E-state index contributed by atoms with van der Waals surface area (Å²) in [6.45, 7) is 3.57. The molecular formula is C16H20BrNO3. The van der Waals surface area contributed by atoms with Gasteiger partial charge in [0, 0.05) is 17.4 Å². The fourth-order valence-electron chi connectivity index (χ4n) is 3.53. The highest BCUT2D eigenvalue weighted by Gasteiger charge is 2.36. The van der Waals surface area contributed by atoms with Crippen molar-refractivity contribution >= 4 is 21.9 Å². The smallest absolute Gasteiger partial charge is 0.321 e. The van der Waals surface area contributed by atoms with Crippen LogP contribution in [0.2, 0.25) is 0 Å². The number of hydrogen-bond donors (Lipinski definition) is 1. The van der Waals surface area contributed by atoms with E-state index in [9.17, 15) is 9.90 Å². The second-order valence-corrected chi connectivity index (χ2v) is 7.01. The molecule has 3 unspecified atom stereocenters. The second kappa shape index (κ2) is 5.97. The Morgan fingerprint density at radius 1 is 1.52 bits per heavy atom. The highest BCUT2D eigenvalue weighted by Crippen LogP contribution is 2.32. The molecule has 1 aromatic carbocycles. The monoisotopic (exact) mass is 353 g/mol. The number of piperidine rings is 1. The molecule has 0 aromatic heterocycles. The summed E-state index contributed by atoms with van der Waals surface area (Å²) in [5.74, 6) is 0.426. The largest absolute Gasteiger partial charge is 0.488 e. The maximum atomic E-state index is 11.5. The Hall–Kier alpha value is -1.07. The number of ether oxygens (including phenoxy) is 1. The van der Waals surface area contributed by atoms with Crippen molar-refractivity contribution in [3.8, 4) is 5.75 Å². The van der Waals surface area contributed by atoms with Crippen LogP contribution < -0.4 is 4.74 Å². The molecule has 2 aliphatic heterocycles. The number of rotatable bonds is 3. The van der Waals surface area contributed by atoms with Gasteiger partial charge in [-0.3, -0.25) is 9.69 Å². The third kappa shape index (κ3) is 3.09. The van der Waals surface area contributed by atoms with Crippen LogP contribution in [0.15, 0.2) is 22.7 Å². The van der Waals surface area contributed by atoms with Crippen molar-refractivity contribution < 1.29 is 14.6 Å². The van der Waals surface area contributed by atoms with Gasteiger partial charge in [-0.05, 0) is 49.1 Å². The second-order valence-electron chi connectivity index (χ2n) is 6.09. The SMILES string of the molecule is CC1CCCN(CC2Cc3cc(Br)ccc3O2)C1C(=O)O. The van der Waals surface area contributed by atoms with Gasteiger partial charge in [0.1, 0.15) is 17.9 Å². The molecule has 21 heavy (non-hydrogen) atoms. The molecular weight excluding hydrogens is 334 g/mol. The summed E-state index contributed by atoms with van der Waals surface area (Å²) in [5.41, 5.74) is 1.20. The van der Waals surface area contributed by atoms with Crippen LogP contribution in [0.25, 0.3) is 0 Å². The summed E-state index contributed by atoms with van der Waals surface area (Å²) < 4.78 is 7.03. The number of hydrogen-bond acceptors (Lipinski definition) is 3. The van der Waals surface area contributed by atoms with Crippen LogP contribution >= 0.6 is 15.9 Å². The molecule has 1 aromatic rings. The van der Waals surface area contributed by atoms with Crippen molar-refractivity contribution in [1.29, 1.82) is 0 Å². The molecule has 114 valence electrons. The van der Waals surface area contributed by atoms with E-state index in [1.807, 2.05) is 19.1 Å². The number of nitrogens with zero attached hydrogens (tertiary/aromatic N) is 1. The molecule has 1 N–H and O–H groups in total. The summed E-state index contributed by atoms with van der Waals surface area (Å²) >= 11 is 3.48. The summed E-state index contributed by atoms with van der Waals surface area (Å²) in [5, 5.41) is 9.47. The topological polar surface area (TPSA) is 49.8 Å². The fraction of sp³-hybridized carbons (Fsp3) is 0.562. The average Bonchev–Trinajstić information content (AvgIpc) is 2.79. The molecule has 0 spiro atoms. The van der Waals surface area contributed by atoms with Gasteiger partial charge in [0.05, 0.1) is 0 Å². The summed E-state index contributed by atoms with van der Waals surface area (Å²) in [6, 6.07) is 5.66. The number of halogens is 1. The molecule has 5 heteroatoms. The van der Waals surface area contributed by atoms with Gasteiger partial charge in [0.15, 0.2) is 0 Å². The van der Waals surface area contributed by atoms with Gasteiger partial charge in [0.25, 0.3) is 0 Å². The molecule has 3 atom stereocenters. The highest BCUT2D eigenvalue weighted by atomic mass is 79.9. The number of carbonyl (C=O) groups is 1. The molecule has 2 heterocycles. The standard InChI is InChI=1S/C16H20BrNO3/c1-10-3-2-6-18(15(10)16(19)20)9-13-8-11-7-12(17)4-5-14(11)21-13/h4-5,7,10,13,15H,2-3,6,8-9H2,1H3,(H,19,20). The van der Waals surface area contributed by atoms with E-state index in [-0.39, 0.29) is 18.1 Å². The summed E-state index contributed by atoms with van der Waals surface area (Å²) in [7, 11) is 0. The fourth-order valence-corrected chi connectivity index (χ4v) is 3.94. The van der Waals surface area contributed by atoms with Crippen LogP contribution in [0, 0.1) is 5.92 Å². The van der Waals surface area contributed by atoms with Gasteiger partial charge >= 0.3 is 5.97 Å². The van der Waals surface area contributed by atoms with E-state index in [2.05, 4.69) is 26.9 Å². The van der Waals surface area contributed by atoms with Crippen molar-refractivity contribution in [2.75, 3.05) is 13.1 Å². The van der Waals surface area contributed by atoms with Crippen LogP contribution in [0.4, 0.5) is 0 Å². The summed E-state index contributed by atoms with van der Waals surface area (Å²) in [6.07, 6.45) is 2.97. The van der Waals surface area contributed by atoms with Crippen molar-refractivity contribution in [3.05, 3.63) is 28.2 Å². The Kier molecular flexibility index (Phi) is 4.22. The Labute approximate surface area is 133 Å². The van der Waals surface area contributed by atoms with Crippen molar-refractivity contribution in [1.82, 2.24) is 4.90 Å². The molecule has 4 nitrogen and oxygen atoms in total. The summed E-state index contributed by atoms with van der Waals surface area (Å²) in [4.78, 5) is 13.6. The first-order valence-corrected chi connectivity index (χ1v) is 8.26. The van der Waals surface area contributed by atoms with Crippen molar-refractivity contribution in [2.45, 2.75) is 38.3 Å². The maximum absolute atomic E-state index is 11.5. The van der Waals surface area contributed by atoms with Crippen LogP contribution in [-0.2, 0) is 11.2 Å². The lowest BCUT2D eigenvalue weighted by atomic mass is 9.90. The minimum atomic E-state index is -0.708. The van der Waals surface area contributed by atoms with Gasteiger partial charge < -0.3 is 9.84 Å². The average molecular weight is 354 g/mol. The molecule has 1 saturated heterocycles. The lowest BCUT2D eigenvalue weighted by Crippen LogP contribution is -2.52. The first-order chi connectivity index (χ1) is 10.0. The maximum Gasteiger partial charge on any atom is 0.321 e. The number of carboxylic acid groups (broad SMARTS) is 1. The number of aliphatic carboxylic acids is 1. The highest BCUT2D eigenvalue weighted by molar-refractivity contribution is 9.10. The number of fused-ring (bicyclic) bond motifs is 1. The van der Waals surface area contributed by atoms with E-state index in [0.717, 1.165) is 36.0 Å². The number of carboxylic acids is 1. The Balaban J connectivity index is 1.68. The lowest BCUT2D eigenvalue weighted by Gasteiger charge is -2.38. The normalized spacial score (nSPS) is 29.0.